The summed E-state index contributed by atoms with van der Waals surface area (Å²) >= 11 is 0. The van der Waals surface area contributed by atoms with Gasteiger partial charge in [-0.1, -0.05) is 36.4 Å². The van der Waals surface area contributed by atoms with Gasteiger partial charge < -0.3 is 30.5 Å². The van der Waals surface area contributed by atoms with Crippen molar-refractivity contribution in [2.75, 3.05) is 67.7 Å². The first-order chi connectivity index (χ1) is 19.6. The number of rotatable bonds is 7. The number of anilines is 6. The molecule has 8 heteroatoms. The molecule has 40 heavy (non-hydrogen) atoms. The molecule has 0 unspecified atom stereocenters. The maximum Gasteiger partial charge on any atom is 0.229 e. The molecule has 0 bridgehead atoms. The zero-order valence-corrected chi connectivity index (χ0v) is 23.0. The van der Waals surface area contributed by atoms with Gasteiger partial charge in [-0.15, -0.1) is 0 Å². The van der Waals surface area contributed by atoms with Crippen molar-refractivity contribution in [3.8, 4) is 5.75 Å². The molecule has 1 aromatic heterocycles. The van der Waals surface area contributed by atoms with Crippen molar-refractivity contribution in [3.63, 3.8) is 0 Å². The molecule has 0 saturated carbocycles. The molecule has 3 aromatic carbocycles. The molecule has 8 nitrogen and oxygen atoms in total. The molecule has 204 valence electrons. The molecule has 1 fully saturated rings. The molecular weight excluding hydrogens is 498 g/mol. The van der Waals surface area contributed by atoms with Crippen LogP contribution in [0.4, 0.5) is 34.5 Å². The Labute approximate surface area is 235 Å². The highest BCUT2D eigenvalue weighted by molar-refractivity contribution is 5.79. The molecule has 0 radical (unpaired) electrons. The number of nitrogens with zero attached hydrogens (tertiary/aromatic N) is 5. The third-order valence-electron chi connectivity index (χ3n) is 7.53. The van der Waals surface area contributed by atoms with Crippen molar-refractivity contribution in [3.05, 3.63) is 95.7 Å². The molecule has 2 aliphatic heterocycles. The van der Waals surface area contributed by atoms with Crippen LogP contribution in [0.3, 0.4) is 0 Å². The number of hydrogen-bond donors (Lipinski definition) is 2. The van der Waals surface area contributed by atoms with Crippen LogP contribution in [-0.4, -0.2) is 61.7 Å². The lowest BCUT2D eigenvalue weighted by Gasteiger charge is -2.34. The average molecular weight is 534 g/mol. The summed E-state index contributed by atoms with van der Waals surface area (Å²) in [7, 11) is 3.86. The minimum absolute atomic E-state index is 0.512. The number of nitrogens with two attached hydrogens (primary N) is 1. The lowest BCUT2D eigenvalue weighted by atomic mass is 9.99. The van der Waals surface area contributed by atoms with Gasteiger partial charge in [0.15, 0.2) is 0 Å². The van der Waals surface area contributed by atoms with Crippen LogP contribution in [0, 0.1) is 0 Å². The van der Waals surface area contributed by atoms with Crippen molar-refractivity contribution < 1.29 is 4.74 Å². The largest absolute Gasteiger partial charge is 0.494 e. The van der Waals surface area contributed by atoms with Gasteiger partial charge in [-0.25, -0.2) is 4.98 Å². The topological polar surface area (TPSA) is 82.8 Å². The number of hydrogen-bond acceptors (Lipinski definition) is 8. The van der Waals surface area contributed by atoms with E-state index in [4.69, 9.17) is 15.5 Å². The molecule has 0 amide bonds. The van der Waals surface area contributed by atoms with E-state index in [1.807, 2.05) is 36.5 Å². The number of fused-ring (bicyclic) bond motifs is 1. The maximum atomic E-state index is 6.17. The lowest BCUT2D eigenvalue weighted by Crippen LogP contribution is -2.44. The van der Waals surface area contributed by atoms with E-state index in [1.165, 1.54) is 11.1 Å². The minimum Gasteiger partial charge on any atom is -0.494 e. The molecule has 3 N–H and O–H groups in total. The molecule has 3 heterocycles. The van der Waals surface area contributed by atoms with E-state index in [1.54, 1.807) is 7.11 Å². The summed E-state index contributed by atoms with van der Waals surface area (Å²) in [5, 5.41) is 3.40. The third kappa shape index (κ3) is 5.58. The van der Waals surface area contributed by atoms with Crippen LogP contribution < -0.4 is 25.6 Å². The molecule has 1 saturated heterocycles. The summed E-state index contributed by atoms with van der Waals surface area (Å²) in [6.45, 7) is 4.82. The molecule has 6 rings (SSSR count). The normalized spacial score (nSPS) is 15.4. The highest BCUT2D eigenvalue weighted by Crippen LogP contribution is 2.37. The monoisotopic (exact) mass is 533 g/mol. The van der Waals surface area contributed by atoms with E-state index >= 15 is 0 Å². The molecule has 2 aliphatic rings. The van der Waals surface area contributed by atoms with Crippen LogP contribution in [0.1, 0.15) is 11.1 Å². The second kappa shape index (κ2) is 11.3. The van der Waals surface area contributed by atoms with Gasteiger partial charge in [0.05, 0.1) is 12.8 Å². The van der Waals surface area contributed by atoms with Crippen molar-refractivity contribution in [1.82, 2.24) is 14.9 Å². The van der Waals surface area contributed by atoms with Crippen LogP contribution in [0.25, 0.3) is 6.08 Å². The highest BCUT2D eigenvalue weighted by Gasteiger charge is 2.23. The number of benzene rings is 3. The maximum absolute atomic E-state index is 6.17. The Morgan fingerprint density at radius 3 is 2.52 bits per heavy atom. The number of piperazine rings is 1. The first-order valence-corrected chi connectivity index (χ1v) is 13.7. The standard InChI is InChI=1S/C32H35N7O/c1-37-13-15-38(16-14-37)27-11-12-29(30(20-27)40-2)35-32-34-21-25-18-24(17-23-7-4-3-5-8-23)22-39(31(25)36-32)28-10-6-9-26(33)19-28/h3-12,18-21H,13-17,22,33H2,1-2H3,(H,34,35,36). The van der Waals surface area contributed by atoms with E-state index in [9.17, 15) is 0 Å². The SMILES string of the molecule is COc1cc(N2CCN(C)CC2)ccc1Nc1ncc2c(n1)N(c1cccc(N)c1)CC(Cc1ccccc1)=C2. The molecule has 4 aromatic rings. The van der Waals surface area contributed by atoms with Gasteiger partial charge in [0, 0.05) is 67.6 Å². The summed E-state index contributed by atoms with van der Waals surface area (Å²) in [6.07, 6.45) is 4.95. The van der Waals surface area contributed by atoms with Gasteiger partial charge in [-0.2, -0.15) is 4.98 Å². The Balaban J connectivity index is 1.30. The Hall–Kier alpha value is -4.56. The zero-order valence-electron chi connectivity index (χ0n) is 23.0. The number of nitrogens with one attached hydrogen (secondary N) is 1. The van der Waals surface area contributed by atoms with Crippen LogP contribution in [0.5, 0.6) is 5.75 Å². The predicted molar refractivity (Wildman–Crippen MR) is 164 cm³/mol. The molecule has 0 atom stereocenters. The van der Waals surface area contributed by atoms with Crippen LogP contribution in [0.15, 0.2) is 84.6 Å². The number of aromatic nitrogens is 2. The van der Waals surface area contributed by atoms with Gasteiger partial charge in [-0.05, 0) is 61.0 Å². The van der Waals surface area contributed by atoms with E-state index in [0.717, 1.165) is 72.5 Å². The fraction of sp³-hybridized carbons (Fsp3) is 0.250. The Morgan fingerprint density at radius 2 is 1.75 bits per heavy atom. The van der Waals surface area contributed by atoms with E-state index in [-0.39, 0.29) is 0 Å². The third-order valence-corrected chi connectivity index (χ3v) is 7.53. The molecule has 0 aliphatic carbocycles. The predicted octanol–water partition coefficient (Wildman–Crippen LogP) is 5.34. The van der Waals surface area contributed by atoms with Crippen molar-refractivity contribution >= 4 is 40.6 Å². The quantitative estimate of drug-likeness (QED) is 0.308. The minimum atomic E-state index is 0.512. The first-order valence-electron chi connectivity index (χ1n) is 13.7. The second-order valence-electron chi connectivity index (χ2n) is 10.4. The number of nitrogen functional groups attached to an aromatic ring is 1. The number of methoxy groups -OCH3 is 1. The van der Waals surface area contributed by atoms with Crippen LogP contribution in [0.2, 0.25) is 0 Å². The number of likely N-dealkylation sites (N-methyl/N-ethyl adjacent to an activating group) is 1. The van der Waals surface area contributed by atoms with Crippen LogP contribution >= 0.6 is 0 Å². The van der Waals surface area contributed by atoms with Crippen molar-refractivity contribution in [1.29, 1.82) is 0 Å². The van der Waals surface area contributed by atoms with Crippen molar-refractivity contribution in [2.45, 2.75) is 6.42 Å². The lowest BCUT2D eigenvalue weighted by molar-refractivity contribution is 0.312. The summed E-state index contributed by atoms with van der Waals surface area (Å²) in [5.74, 6) is 2.11. The molecular formula is C32H35N7O. The van der Waals surface area contributed by atoms with Gasteiger partial charge >= 0.3 is 0 Å². The average Bonchev–Trinajstić information content (AvgIpc) is 2.98. The Bertz CT molecular complexity index is 1510. The Morgan fingerprint density at radius 1 is 0.925 bits per heavy atom. The fourth-order valence-corrected chi connectivity index (χ4v) is 5.34. The summed E-state index contributed by atoms with van der Waals surface area (Å²) in [5.41, 5.74) is 13.4. The van der Waals surface area contributed by atoms with Gasteiger partial charge in [0.25, 0.3) is 0 Å². The Kier molecular flexibility index (Phi) is 7.25. The highest BCUT2D eigenvalue weighted by atomic mass is 16.5. The zero-order chi connectivity index (χ0) is 27.5. The summed E-state index contributed by atoms with van der Waals surface area (Å²) in [4.78, 5) is 16.6. The van der Waals surface area contributed by atoms with Gasteiger partial charge in [0.1, 0.15) is 11.6 Å². The number of ether oxygens (including phenoxy) is 1. The summed E-state index contributed by atoms with van der Waals surface area (Å²) < 4.78 is 5.77. The van der Waals surface area contributed by atoms with Crippen molar-refractivity contribution in [2.24, 2.45) is 0 Å². The smallest absolute Gasteiger partial charge is 0.229 e. The van der Waals surface area contributed by atoms with E-state index in [2.05, 4.69) is 80.6 Å². The second-order valence-corrected chi connectivity index (χ2v) is 10.4. The fourth-order valence-electron chi connectivity index (χ4n) is 5.34. The van der Waals surface area contributed by atoms with Gasteiger partial charge in [-0.3, -0.25) is 0 Å². The first kappa shape index (κ1) is 25.7. The summed E-state index contributed by atoms with van der Waals surface area (Å²) in [6, 6.07) is 24.7. The van der Waals surface area contributed by atoms with Gasteiger partial charge in [0.2, 0.25) is 5.95 Å². The molecule has 0 spiro atoms. The van der Waals surface area contributed by atoms with E-state index < -0.39 is 0 Å². The van der Waals surface area contributed by atoms with E-state index in [0.29, 0.717) is 12.5 Å². The van der Waals surface area contributed by atoms with Crippen LogP contribution in [-0.2, 0) is 6.42 Å².